The minimum absolute atomic E-state index is 0.205. The van der Waals surface area contributed by atoms with Crippen molar-refractivity contribution in [2.75, 3.05) is 21.3 Å². The first kappa shape index (κ1) is 26.6. The van der Waals surface area contributed by atoms with E-state index in [0.29, 0.717) is 48.4 Å². The average Bonchev–Trinajstić information content (AvgIpc) is 3.16. The zero-order valence-electron chi connectivity index (χ0n) is 20.2. The number of halogens is 2. The fourth-order valence-corrected chi connectivity index (χ4v) is 4.88. The van der Waals surface area contributed by atoms with Crippen LogP contribution < -0.4 is 9.47 Å². The van der Waals surface area contributed by atoms with E-state index in [2.05, 4.69) is 4.99 Å². The Morgan fingerprint density at radius 1 is 1.05 bits per heavy atom. The summed E-state index contributed by atoms with van der Waals surface area (Å²) in [6.45, 7) is 0.218. The van der Waals surface area contributed by atoms with Crippen LogP contribution in [0.5, 0.6) is 11.5 Å². The Morgan fingerprint density at radius 2 is 1.78 bits per heavy atom. The van der Waals surface area contributed by atoms with Crippen molar-refractivity contribution in [3.05, 3.63) is 92.3 Å². The summed E-state index contributed by atoms with van der Waals surface area (Å²) in [4.78, 5) is 31.0. The maximum atomic E-state index is 12.9. The quantitative estimate of drug-likeness (QED) is 0.241. The molecule has 0 aromatic heterocycles. The number of likely N-dealkylation sites (N-methyl/N-ethyl adjacent to an activating group) is 1. The maximum Gasteiger partial charge on any atom is 0.337 e. The van der Waals surface area contributed by atoms with Crippen molar-refractivity contribution in [3.63, 3.8) is 0 Å². The number of hydrogen-bond donors (Lipinski definition) is 0. The summed E-state index contributed by atoms with van der Waals surface area (Å²) in [5, 5.41) is 1.43. The molecule has 1 heterocycles. The van der Waals surface area contributed by atoms with Gasteiger partial charge in [0.05, 0.1) is 35.4 Å². The van der Waals surface area contributed by atoms with Gasteiger partial charge >= 0.3 is 5.97 Å². The summed E-state index contributed by atoms with van der Waals surface area (Å²) in [6, 6.07) is 17.4. The zero-order valence-corrected chi connectivity index (χ0v) is 22.5. The number of esters is 1. The lowest BCUT2D eigenvalue weighted by molar-refractivity contribution is -0.121. The van der Waals surface area contributed by atoms with Crippen LogP contribution in [0.3, 0.4) is 0 Å². The molecule has 1 amide bonds. The molecule has 3 aromatic carbocycles. The maximum absolute atomic E-state index is 12.9. The third-order valence-corrected chi connectivity index (χ3v) is 7.11. The van der Waals surface area contributed by atoms with Crippen LogP contribution in [0.1, 0.15) is 21.5 Å². The molecule has 0 atom stereocenters. The van der Waals surface area contributed by atoms with Gasteiger partial charge in [-0.3, -0.25) is 9.69 Å². The largest absolute Gasteiger partial charge is 0.493 e. The minimum atomic E-state index is -0.429. The van der Waals surface area contributed by atoms with Crippen molar-refractivity contribution in [3.8, 4) is 11.5 Å². The molecular weight excluding hydrogens is 535 g/mol. The normalized spacial score (nSPS) is 15.4. The molecule has 1 fully saturated rings. The highest BCUT2D eigenvalue weighted by Gasteiger charge is 2.30. The topological polar surface area (TPSA) is 77.4 Å². The minimum Gasteiger partial charge on any atom is -0.493 e. The van der Waals surface area contributed by atoms with Crippen molar-refractivity contribution in [2.24, 2.45) is 4.99 Å². The molecule has 37 heavy (non-hydrogen) atoms. The van der Waals surface area contributed by atoms with Gasteiger partial charge in [0, 0.05) is 17.6 Å². The molecule has 3 aromatic rings. The first-order valence-corrected chi connectivity index (χ1v) is 12.6. The van der Waals surface area contributed by atoms with Gasteiger partial charge in [0.25, 0.3) is 5.91 Å². The van der Waals surface area contributed by atoms with Crippen LogP contribution in [0.4, 0.5) is 5.69 Å². The molecule has 0 N–H and O–H groups in total. The Balaban J connectivity index is 1.55. The molecule has 0 saturated carbocycles. The van der Waals surface area contributed by atoms with E-state index in [1.54, 1.807) is 55.6 Å². The third-order valence-electron chi connectivity index (χ3n) is 5.40. The molecule has 10 heteroatoms. The van der Waals surface area contributed by atoms with Gasteiger partial charge in [-0.25, -0.2) is 9.79 Å². The summed E-state index contributed by atoms with van der Waals surface area (Å²) >= 11 is 14.0. The first-order valence-electron chi connectivity index (χ1n) is 11.0. The number of carbonyl (C=O) groups is 2. The highest BCUT2D eigenvalue weighted by atomic mass is 35.5. The highest BCUT2D eigenvalue weighted by Crippen LogP contribution is 2.39. The smallest absolute Gasteiger partial charge is 0.337 e. The number of amides is 1. The Labute approximate surface area is 228 Å². The molecule has 0 unspecified atom stereocenters. The van der Waals surface area contributed by atoms with Crippen molar-refractivity contribution in [2.45, 2.75) is 6.61 Å². The summed E-state index contributed by atoms with van der Waals surface area (Å²) in [5.41, 5.74) is 2.50. The Bertz CT molecular complexity index is 1410. The molecule has 0 spiro atoms. The van der Waals surface area contributed by atoms with Crippen LogP contribution >= 0.6 is 35.0 Å². The number of rotatable bonds is 7. The molecule has 1 saturated heterocycles. The monoisotopic (exact) mass is 556 g/mol. The second-order valence-corrected chi connectivity index (χ2v) is 9.65. The lowest BCUT2D eigenvalue weighted by Gasteiger charge is -2.14. The fourth-order valence-electron chi connectivity index (χ4n) is 3.43. The standard InChI is InChI=1S/C27H22Cl2N2O5S/c1-31-25(32)23(37-27(31)30-19-10-8-17(9-11-19)26(33)35-3)14-16-12-21(29)24(22(13-16)34-2)36-15-18-6-4-5-7-20(18)28/h4-14H,15H2,1-3H3/b23-14-,30-27?. The van der Waals surface area contributed by atoms with Crippen molar-refractivity contribution < 1.29 is 23.8 Å². The predicted octanol–water partition coefficient (Wildman–Crippen LogP) is 6.60. The highest BCUT2D eigenvalue weighted by molar-refractivity contribution is 8.18. The van der Waals surface area contributed by atoms with E-state index in [1.165, 1.54) is 30.9 Å². The molecular formula is C27H22Cl2N2O5S. The zero-order chi connectivity index (χ0) is 26.5. The molecule has 7 nitrogen and oxygen atoms in total. The van der Waals surface area contributed by atoms with E-state index in [-0.39, 0.29) is 12.5 Å². The molecule has 1 aliphatic heterocycles. The summed E-state index contributed by atoms with van der Waals surface area (Å²) in [7, 11) is 4.49. The third kappa shape index (κ3) is 6.10. The number of benzene rings is 3. The van der Waals surface area contributed by atoms with Crippen LogP contribution in [0.15, 0.2) is 70.6 Å². The van der Waals surface area contributed by atoms with Crippen molar-refractivity contribution in [1.29, 1.82) is 0 Å². The Morgan fingerprint density at radius 3 is 2.46 bits per heavy atom. The van der Waals surface area contributed by atoms with E-state index in [1.807, 2.05) is 18.2 Å². The molecule has 0 radical (unpaired) electrons. The lowest BCUT2D eigenvalue weighted by Crippen LogP contribution is -2.23. The summed E-state index contributed by atoms with van der Waals surface area (Å²) < 4.78 is 16.1. The van der Waals surface area contributed by atoms with Gasteiger partial charge in [0.2, 0.25) is 0 Å². The van der Waals surface area contributed by atoms with E-state index >= 15 is 0 Å². The van der Waals surface area contributed by atoms with Crippen LogP contribution in [-0.2, 0) is 16.1 Å². The van der Waals surface area contributed by atoms with Crippen molar-refractivity contribution >= 4 is 63.8 Å². The number of methoxy groups -OCH3 is 2. The molecule has 0 aliphatic carbocycles. The van der Waals surface area contributed by atoms with Gasteiger partial charge in [-0.15, -0.1) is 0 Å². The van der Waals surface area contributed by atoms with E-state index in [9.17, 15) is 9.59 Å². The number of nitrogens with zero attached hydrogens (tertiary/aromatic N) is 2. The number of carbonyl (C=O) groups excluding carboxylic acids is 2. The van der Waals surface area contributed by atoms with Crippen LogP contribution in [0, 0.1) is 0 Å². The van der Waals surface area contributed by atoms with Crippen LogP contribution in [-0.4, -0.2) is 43.2 Å². The number of hydrogen-bond acceptors (Lipinski definition) is 7. The number of aliphatic imine (C=N–C) groups is 1. The molecule has 1 aliphatic rings. The molecule has 0 bridgehead atoms. The van der Waals surface area contributed by atoms with Crippen LogP contribution in [0.25, 0.3) is 6.08 Å². The van der Waals surface area contributed by atoms with Gasteiger partial charge in [-0.05, 0) is 65.9 Å². The van der Waals surface area contributed by atoms with Gasteiger partial charge < -0.3 is 14.2 Å². The second-order valence-electron chi connectivity index (χ2n) is 7.82. The van der Waals surface area contributed by atoms with Gasteiger partial charge in [0.1, 0.15) is 6.61 Å². The lowest BCUT2D eigenvalue weighted by atomic mass is 10.1. The first-order chi connectivity index (χ1) is 17.8. The summed E-state index contributed by atoms with van der Waals surface area (Å²) in [6.07, 6.45) is 1.72. The van der Waals surface area contributed by atoms with Gasteiger partial charge in [0.15, 0.2) is 16.7 Å². The number of ether oxygens (including phenoxy) is 3. The SMILES string of the molecule is COC(=O)c1ccc(N=C2S/C(=C\c3cc(Cl)c(OCc4ccccc4Cl)c(OC)c3)C(=O)N2C)cc1. The Kier molecular flexibility index (Phi) is 8.43. The van der Waals surface area contributed by atoms with E-state index in [4.69, 9.17) is 37.4 Å². The molecule has 190 valence electrons. The van der Waals surface area contributed by atoms with E-state index < -0.39 is 5.97 Å². The number of amidine groups is 1. The summed E-state index contributed by atoms with van der Waals surface area (Å²) in [5.74, 6) is 0.173. The van der Waals surface area contributed by atoms with E-state index in [0.717, 1.165) is 5.56 Å². The van der Waals surface area contributed by atoms with Gasteiger partial charge in [-0.1, -0.05) is 41.4 Å². The van der Waals surface area contributed by atoms with Crippen molar-refractivity contribution in [1.82, 2.24) is 4.90 Å². The van der Waals surface area contributed by atoms with Gasteiger partial charge in [-0.2, -0.15) is 0 Å². The number of thioether (sulfide) groups is 1. The average molecular weight is 557 g/mol. The Hall–Kier alpha value is -3.46. The molecule has 4 rings (SSSR count). The second kappa shape index (κ2) is 11.7. The van der Waals surface area contributed by atoms with Crippen LogP contribution in [0.2, 0.25) is 10.0 Å². The fraction of sp³-hybridized carbons (Fsp3) is 0.148. The predicted molar refractivity (Wildman–Crippen MR) is 147 cm³/mol.